The number of rotatable bonds is 2. The fraction of sp³-hybridized carbons (Fsp3) is 0.250. The van der Waals surface area contributed by atoms with Crippen molar-refractivity contribution in [1.82, 2.24) is 9.88 Å². The molecule has 1 aliphatic heterocycles. The fourth-order valence-electron chi connectivity index (χ4n) is 2.80. The Bertz CT molecular complexity index is 674. The number of carbonyl (C=O) groups excluding carboxylic acids is 1. The zero-order valence-corrected chi connectivity index (χ0v) is 13.1. The van der Waals surface area contributed by atoms with E-state index in [2.05, 4.69) is 33.0 Å². The maximum absolute atomic E-state index is 12.7. The Kier molecular flexibility index (Phi) is 3.92. The van der Waals surface area contributed by atoms with Gasteiger partial charge in [-0.2, -0.15) is 0 Å². The van der Waals surface area contributed by atoms with Crippen molar-refractivity contribution in [3.8, 4) is 0 Å². The summed E-state index contributed by atoms with van der Waals surface area (Å²) in [5.74, 6) is -0.0874. The molecule has 1 aliphatic rings. The molecule has 1 saturated heterocycles. The molecule has 0 saturated carbocycles. The van der Waals surface area contributed by atoms with E-state index < -0.39 is 0 Å². The number of nitrogen functional groups attached to an aromatic ring is 1. The Morgan fingerprint density at radius 3 is 2.95 bits per heavy atom. The highest BCUT2D eigenvalue weighted by atomic mass is 79.9. The van der Waals surface area contributed by atoms with E-state index in [1.165, 1.54) is 0 Å². The summed E-state index contributed by atoms with van der Waals surface area (Å²) in [6.45, 7) is 0.742. The molecule has 2 N–H and O–H groups in total. The number of nitrogens with two attached hydrogens (primary N) is 1. The summed E-state index contributed by atoms with van der Waals surface area (Å²) < 4.78 is 1.02. The summed E-state index contributed by atoms with van der Waals surface area (Å²) >= 11 is 3.49. The monoisotopic (exact) mass is 345 g/mol. The van der Waals surface area contributed by atoms with Gasteiger partial charge in [-0.3, -0.25) is 4.79 Å². The molecule has 0 aliphatic carbocycles. The standard InChI is InChI=1S/C16H16BrN3O/c17-12-5-1-4-11(10-12)14-7-3-9-20(14)16(21)15-13(18)6-2-8-19-15/h1-2,4-6,8,10,14H,3,7,9,18H2. The number of hydrogen-bond donors (Lipinski definition) is 1. The van der Waals surface area contributed by atoms with E-state index in [9.17, 15) is 4.79 Å². The van der Waals surface area contributed by atoms with E-state index >= 15 is 0 Å². The van der Waals surface area contributed by atoms with Crippen LogP contribution in [0.4, 0.5) is 5.69 Å². The van der Waals surface area contributed by atoms with Gasteiger partial charge in [0.2, 0.25) is 0 Å². The molecular formula is C16H16BrN3O. The summed E-state index contributed by atoms with van der Waals surface area (Å²) in [6, 6.07) is 11.7. The molecule has 2 heterocycles. The van der Waals surface area contributed by atoms with Gasteiger partial charge in [0.1, 0.15) is 0 Å². The van der Waals surface area contributed by atoms with E-state index in [-0.39, 0.29) is 11.9 Å². The molecule has 0 radical (unpaired) electrons. The summed E-state index contributed by atoms with van der Waals surface area (Å²) in [5.41, 5.74) is 7.80. The highest BCUT2D eigenvalue weighted by molar-refractivity contribution is 9.10. The number of anilines is 1. The zero-order valence-electron chi connectivity index (χ0n) is 11.5. The van der Waals surface area contributed by atoms with E-state index in [0.29, 0.717) is 11.4 Å². The first-order chi connectivity index (χ1) is 10.2. The van der Waals surface area contributed by atoms with Crippen molar-refractivity contribution in [3.63, 3.8) is 0 Å². The molecule has 1 amide bonds. The van der Waals surface area contributed by atoms with Crippen molar-refractivity contribution in [2.75, 3.05) is 12.3 Å². The van der Waals surface area contributed by atoms with E-state index in [0.717, 1.165) is 29.4 Å². The maximum atomic E-state index is 12.7. The minimum absolute atomic E-state index is 0.0874. The third-order valence-electron chi connectivity index (χ3n) is 3.79. The summed E-state index contributed by atoms with van der Waals surface area (Å²) in [7, 11) is 0. The highest BCUT2D eigenvalue weighted by Crippen LogP contribution is 2.34. The fourth-order valence-corrected chi connectivity index (χ4v) is 3.22. The van der Waals surface area contributed by atoms with Crippen LogP contribution in [0.15, 0.2) is 47.1 Å². The number of aromatic nitrogens is 1. The van der Waals surface area contributed by atoms with E-state index in [4.69, 9.17) is 5.73 Å². The van der Waals surface area contributed by atoms with Gasteiger partial charge in [0.05, 0.1) is 11.7 Å². The minimum Gasteiger partial charge on any atom is -0.397 e. The molecular weight excluding hydrogens is 330 g/mol. The second-order valence-electron chi connectivity index (χ2n) is 5.15. The maximum Gasteiger partial charge on any atom is 0.275 e. The summed E-state index contributed by atoms with van der Waals surface area (Å²) in [5, 5.41) is 0. The Labute approximate surface area is 132 Å². The van der Waals surface area contributed by atoms with Crippen LogP contribution in [-0.4, -0.2) is 22.3 Å². The van der Waals surface area contributed by atoms with Gasteiger partial charge in [0.15, 0.2) is 5.69 Å². The van der Waals surface area contributed by atoms with Crippen LogP contribution in [0.3, 0.4) is 0 Å². The van der Waals surface area contributed by atoms with Gasteiger partial charge in [-0.05, 0) is 42.7 Å². The van der Waals surface area contributed by atoms with Crippen molar-refractivity contribution >= 4 is 27.5 Å². The van der Waals surface area contributed by atoms with E-state index in [1.54, 1.807) is 18.3 Å². The van der Waals surface area contributed by atoms with Crippen LogP contribution >= 0.6 is 15.9 Å². The molecule has 1 aromatic carbocycles. The third kappa shape index (κ3) is 2.78. The normalized spacial score (nSPS) is 18.0. The predicted molar refractivity (Wildman–Crippen MR) is 85.8 cm³/mol. The van der Waals surface area contributed by atoms with Crippen molar-refractivity contribution < 1.29 is 4.79 Å². The van der Waals surface area contributed by atoms with Gasteiger partial charge >= 0.3 is 0 Å². The van der Waals surface area contributed by atoms with Crippen LogP contribution < -0.4 is 5.73 Å². The lowest BCUT2D eigenvalue weighted by Gasteiger charge is -2.25. The minimum atomic E-state index is -0.0874. The average molecular weight is 346 g/mol. The molecule has 2 aromatic rings. The summed E-state index contributed by atoms with van der Waals surface area (Å²) in [6.07, 6.45) is 3.57. The number of pyridine rings is 1. The van der Waals surface area contributed by atoms with Crippen molar-refractivity contribution in [2.45, 2.75) is 18.9 Å². The van der Waals surface area contributed by atoms with Gasteiger partial charge in [-0.25, -0.2) is 4.98 Å². The lowest BCUT2D eigenvalue weighted by atomic mass is 10.0. The third-order valence-corrected chi connectivity index (χ3v) is 4.28. The number of halogens is 1. The highest BCUT2D eigenvalue weighted by Gasteiger charge is 2.31. The topological polar surface area (TPSA) is 59.2 Å². The predicted octanol–water partition coefficient (Wildman–Crippen LogP) is 3.40. The number of amides is 1. The first kappa shape index (κ1) is 14.1. The molecule has 4 nitrogen and oxygen atoms in total. The Morgan fingerprint density at radius 1 is 1.33 bits per heavy atom. The quantitative estimate of drug-likeness (QED) is 0.907. The van der Waals surface area contributed by atoms with Crippen molar-refractivity contribution in [1.29, 1.82) is 0 Å². The van der Waals surface area contributed by atoms with Gasteiger partial charge in [0.25, 0.3) is 5.91 Å². The number of benzene rings is 1. The largest absolute Gasteiger partial charge is 0.397 e. The molecule has 1 unspecified atom stereocenters. The van der Waals surface area contributed by atoms with Crippen LogP contribution in [0.5, 0.6) is 0 Å². The van der Waals surface area contributed by atoms with Crippen LogP contribution in [0.1, 0.15) is 34.9 Å². The lowest BCUT2D eigenvalue weighted by molar-refractivity contribution is 0.0731. The smallest absolute Gasteiger partial charge is 0.275 e. The van der Waals surface area contributed by atoms with Crippen LogP contribution in [0.2, 0.25) is 0 Å². The van der Waals surface area contributed by atoms with Gasteiger partial charge in [0, 0.05) is 17.2 Å². The number of hydrogen-bond acceptors (Lipinski definition) is 3. The lowest BCUT2D eigenvalue weighted by Crippen LogP contribution is -2.31. The van der Waals surface area contributed by atoms with Gasteiger partial charge < -0.3 is 10.6 Å². The SMILES string of the molecule is Nc1cccnc1C(=O)N1CCCC1c1cccc(Br)c1. The van der Waals surface area contributed by atoms with Gasteiger partial charge in [-0.15, -0.1) is 0 Å². The molecule has 1 fully saturated rings. The average Bonchev–Trinajstić information content (AvgIpc) is 2.96. The number of nitrogens with zero attached hydrogens (tertiary/aromatic N) is 2. The molecule has 5 heteroatoms. The zero-order chi connectivity index (χ0) is 14.8. The number of carbonyl (C=O) groups is 1. The Hall–Kier alpha value is -1.88. The van der Waals surface area contributed by atoms with Crippen molar-refractivity contribution in [3.05, 3.63) is 58.3 Å². The molecule has 3 rings (SSSR count). The second-order valence-corrected chi connectivity index (χ2v) is 6.07. The van der Waals surface area contributed by atoms with E-state index in [1.807, 2.05) is 17.0 Å². The van der Waals surface area contributed by atoms with Crippen molar-refractivity contribution in [2.24, 2.45) is 0 Å². The summed E-state index contributed by atoms with van der Waals surface area (Å²) in [4.78, 5) is 18.7. The molecule has 108 valence electrons. The molecule has 0 bridgehead atoms. The van der Waals surface area contributed by atoms with Gasteiger partial charge in [-0.1, -0.05) is 28.1 Å². The molecule has 1 aromatic heterocycles. The van der Waals surface area contributed by atoms with Crippen LogP contribution in [0, 0.1) is 0 Å². The second kappa shape index (κ2) is 5.85. The molecule has 1 atom stereocenters. The Balaban J connectivity index is 1.91. The van der Waals surface area contributed by atoms with Crippen LogP contribution in [0.25, 0.3) is 0 Å². The first-order valence-electron chi connectivity index (χ1n) is 6.94. The Morgan fingerprint density at radius 2 is 2.19 bits per heavy atom. The number of likely N-dealkylation sites (tertiary alicyclic amines) is 1. The molecule has 21 heavy (non-hydrogen) atoms. The van der Waals surface area contributed by atoms with Crippen LogP contribution in [-0.2, 0) is 0 Å². The molecule has 0 spiro atoms. The first-order valence-corrected chi connectivity index (χ1v) is 7.73.